The maximum Gasteiger partial charge on any atom is 0.274 e. The van der Waals surface area contributed by atoms with Gasteiger partial charge in [-0.2, -0.15) is 0 Å². The Morgan fingerprint density at radius 2 is 2.10 bits per heavy atom. The van der Waals surface area contributed by atoms with Gasteiger partial charge in [-0.1, -0.05) is 24.3 Å². The first kappa shape index (κ1) is 12.3. The predicted octanol–water partition coefficient (Wildman–Crippen LogP) is 2.62. The molecule has 3 N–H and O–H groups in total. The summed E-state index contributed by atoms with van der Waals surface area (Å²) in [7, 11) is 1.75. The average Bonchev–Trinajstić information content (AvgIpc) is 2.91. The Balaban J connectivity index is 2.09. The number of aromatic nitrogens is 2. The van der Waals surface area contributed by atoms with Crippen molar-refractivity contribution in [3.63, 3.8) is 0 Å². The van der Waals surface area contributed by atoms with Gasteiger partial charge in [-0.25, -0.2) is 0 Å². The van der Waals surface area contributed by atoms with Crippen molar-refractivity contribution in [1.82, 2.24) is 9.55 Å². The number of nitrogens with zero attached hydrogens (tertiary/aromatic N) is 1. The molecular formula is C16H15N3O. The third-order valence-corrected chi connectivity index (χ3v) is 3.29. The number of benzene rings is 1. The molecule has 0 saturated carbocycles. The SMILES string of the molecule is Cn1cc(/C=C/c2cccc(N)c2)c2cc[nH]c2c1=O. The first-order valence-corrected chi connectivity index (χ1v) is 6.35. The second-order valence-electron chi connectivity index (χ2n) is 4.77. The summed E-state index contributed by atoms with van der Waals surface area (Å²) in [6, 6.07) is 9.58. The van der Waals surface area contributed by atoms with Crippen molar-refractivity contribution in [3.8, 4) is 0 Å². The highest BCUT2D eigenvalue weighted by Crippen LogP contribution is 2.17. The summed E-state index contributed by atoms with van der Waals surface area (Å²) in [5.74, 6) is 0. The van der Waals surface area contributed by atoms with Crippen LogP contribution in [-0.2, 0) is 7.05 Å². The van der Waals surface area contributed by atoms with Gasteiger partial charge >= 0.3 is 0 Å². The van der Waals surface area contributed by atoms with E-state index in [-0.39, 0.29) is 5.56 Å². The molecule has 0 atom stereocenters. The normalized spacial score (nSPS) is 11.4. The third-order valence-electron chi connectivity index (χ3n) is 3.29. The molecule has 0 radical (unpaired) electrons. The molecule has 3 rings (SSSR count). The third kappa shape index (κ3) is 2.12. The number of nitrogens with two attached hydrogens (primary N) is 1. The number of pyridine rings is 1. The molecule has 1 aromatic carbocycles. The van der Waals surface area contributed by atoms with Gasteiger partial charge in [0.1, 0.15) is 5.52 Å². The highest BCUT2D eigenvalue weighted by Gasteiger charge is 2.05. The number of fused-ring (bicyclic) bond motifs is 1. The average molecular weight is 265 g/mol. The maximum atomic E-state index is 12.0. The Bertz CT molecular complexity index is 856. The number of aryl methyl sites for hydroxylation is 1. The Hall–Kier alpha value is -2.75. The number of hydrogen-bond acceptors (Lipinski definition) is 2. The molecule has 0 saturated heterocycles. The predicted molar refractivity (Wildman–Crippen MR) is 83.3 cm³/mol. The monoisotopic (exact) mass is 265 g/mol. The summed E-state index contributed by atoms with van der Waals surface area (Å²) in [6.45, 7) is 0. The lowest BCUT2D eigenvalue weighted by molar-refractivity contribution is 0.868. The second kappa shape index (κ2) is 4.74. The number of nitrogens with one attached hydrogen (secondary N) is 1. The van der Waals surface area contributed by atoms with E-state index in [1.165, 1.54) is 0 Å². The zero-order chi connectivity index (χ0) is 14.1. The van der Waals surface area contributed by atoms with E-state index in [4.69, 9.17) is 5.73 Å². The summed E-state index contributed by atoms with van der Waals surface area (Å²) < 4.78 is 1.58. The molecule has 3 aromatic rings. The molecule has 0 bridgehead atoms. The van der Waals surface area contributed by atoms with Gasteiger partial charge in [0, 0.05) is 36.1 Å². The molecular weight excluding hydrogens is 250 g/mol. The lowest BCUT2D eigenvalue weighted by Crippen LogP contribution is -2.16. The molecule has 20 heavy (non-hydrogen) atoms. The summed E-state index contributed by atoms with van der Waals surface area (Å²) in [5, 5.41) is 0.924. The van der Waals surface area contributed by atoms with Crippen molar-refractivity contribution < 1.29 is 0 Å². The van der Waals surface area contributed by atoms with Crippen molar-refractivity contribution >= 4 is 28.7 Å². The van der Waals surface area contributed by atoms with E-state index in [9.17, 15) is 4.79 Å². The molecule has 0 fully saturated rings. The number of nitrogen functional groups attached to an aromatic ring is 1. The Labute approximate surface area is 116 Å². The van der Waals surface area contributed by atoms with Crippen LogP contribution < -0.4 is 11.3 Å². The molecule has 0 aliphatic carbocycles. The molecule has 0 aliphatic rings. The molecule has 0 spiro atoms. The van der Waals surface area contributed by atoms with E-state index in [0.29, 0.717) is 5.52 Å². The van der Waals surface area contributed by atoms with Crippen molar-refractivity contribution in [2.24, 2.45) is 7.05 Å². The summed E-state index contributed by atoms with van der Waals surface area (Å²) in [6.07, 6.45) is 7.60. The number of aromatic amines is 1. The number of H-pyrrole nitrogens is 1. The lowest BCUT2D eigenvalue weighted by Gasteiger charge is -2.02. The number of anilines is 1. The molecule has 0 amide bonds. The minimum absolute atomic E-state index is 0.0221. The number of rotatable bonds is 2. The fraction of sp³-hybridized carbons (Fsp3) is 0.0625. The van der Waals surface area contributed by atoms with Gasteiger partial charge in [0.2, 0.25) is 0 Å². The topological polar surface area (TPSA) is 63.8 Å². The van der Waals surface area contributed by atoms with Gasteiger partial charge in [0.25, 0.3) is 5.56 Å². The molecule has 2 aromatic heterocycles. The van der Waals surface area contributed by atoms with Gasteiger partial charge in [-0.3, -0.25) is 4.79 Å². The van der Waals surface area contributed by atoms with Crippen LogP contribution in [0.15, 0.2) is 47.5 Å². The van der Waals surface area contributed by atoms with Crippen LogP contribution in [0.25, 0.3) is 23.1 Å². The summed E-state index contributed by atoms with van der Waals surface area (Å²) >= 11 is 0. The molecule has 4 nitrogen and oxygen atoms in total. The highest BCUT2D eigenvalue weighted by molar-refractivity contribution is 5.90. The van der Waals surface area contributed by atoms with Crippen LogP contribution in [0.5, 0.6) is 0 Å². The van der Waals surface area contributed by atoms with Gasteiger partial charge in [0.15, 0.2) is 0 Å². The van der Waals surface area contributed by atoms with E-state index in [2.05, 4.69) is 4.98 Å². The van der Waals surface area contributed by atoms with Crippen LogP contribution >= 0.6 is 0 Å². The fourth-order valence-electron chi connectivity index (χ4n) is 2.28. The minimum atomic E-state index is -0.0221. The summed E-state index contributed by atoms with van der Waals surface area (Å²) in [4.78, 5) is 14.9. The molecule has 100 valence electrons. The zero-order valence-electron chi connectivity index (χ0n) is 11.1. The van der Waals surface area contributed by atoms with Crippen molar-refractivity contribution in [2.45, 2.75) is 0 Å². The van der Waals surface area contributed by atoms with Crippen LogP contribution in [0.4, 0.5) is 5.69 Å². The van der Waals surface area contributed by atoms with Gasteiger partial charge in [-0.15, -0.1) is 0 Å². The highest BCUT2D eigenvalue weighted by atomic mass is 16.1. The Kier molecular flexibility index (Phi) is 2.91. The van der Waals surface area contributed by atoms with Gasteiger partial charge in [-0.05, 0) is 23.8 Å². The van der Waals surface area contributed by atoms with Crippen LogP contribution in [-0.4, -0.2) is 9.55 Å². The Morgan fingerprint density at radius 1 is 1.25 bits per heavy atom. The van der Waals surface area contributed by atoms with Crippen molar-refractivity contribution in [1.29, 1.82) is 0 Å². The van der Waals surface area contributed by atoms with Crippen LogP contribution in [0, 0.1) is 0 Å². The van der Waals surface area contributed by atoms with Crippen molar-refractivity contribution in [2.75, 3.05) is 5.73 Å². The minimum Gasteiger partial charge on any atom is -0.399 e. The van der Waals surface area contributed by atoms with E-state index >= 15 is 0 Å². The number of hydrogen-bond donors (Lipinski definition) is 2. The van der Waals surface area contributed by atoms with E-state index in [0.717, 1.165) is 22.2 Å². The second-order valence-corrected chi connectivity index (χ2v) is 4.77. The summed E-state index contributed by atoms with van der Waals surface area (Å²) in [5.41, 5.74) is 9.12. The van der Waals surface area contributed by atoms with Crippen LogP contribution in [0.2, 0.25) is 0 Å². The first-order valence-electron chi connectivity index (χ1n) is 6.35. The zero-order valence-corrected chi connectivity index (χ0v) is 11.1. The standard InChI is InChI=1S/C16H15N3O/c1-19-10-12(14-7-8-18-15(14)16(19)20)6-5-11-3-2-4-13(17)9-11/h2-10,18H,17H2,1H3/b6-5+. The Morgan fingerprint density at radius 3 is 2.90 bits per heavy atom. The van der Waals surface area contributed by atoms with E-state index in [1.807, 2.05) is 48.7 Å². The van der Waals surface area contributed by atoms with Crippen LogP contribution in [0.3, 0.4) is 0 Å². The van der Waals surface area contributed by atoms with Gasteiger partial charge in [0.05, 0.1) is 0 Å². The lowest BCUT2D eigenvalue weighted by atomic mass is 10.1. The molecule has 0 unspecified atom stereocenters. The van der Waals surface area contributed by atoms with Crippen molar-refractivity contribution in [3.05, 3.63) is 64.2 Å². The van der Waals surface area contributed by atoms with Crippen LogP contribution in [0.1, 0.15) is 11.1 Å². The first-order chi connectivity index (χ1) is 9.65. The maximum absolute atomic E-state index is 12.0. The smallest absolute Gasteiger partial charge is 0.274 e. The van der Waals surface area contributed by atoms with Gasteiger partial charge < -0.3 is 15.3 Å². The fourth-order valence-corrected chi connectivity index (χ4v) is 2.28. The molecule has 0 aliphatic heterocycles. The quantitative estimate of drug-likeness (QED) is 0.700. The largest absolute Gasteiger partial charge is 0.399 e. The molecule has 4 heteroatoms. The van der Waals surface area contributed by atoms with E-state index < -0.39 is 0 Å². The molecule has 2 heterocycles. The van der Waals surface area contributed by atoms with E-state index in [1.54, 1.807) is 17.8 Å².